The average molecular weight is 364 g/mol. The van der Waals surface area contributed by atoms with E-state index in [9.17, 15) is 19.1 Å². The Labute approximate surface area is 148 Å². The number of rotatable bonds is 7. The molecule has 130 valence electrons. The maximum Gasteiger partial charge on any atom is 0.185 e. The molecule has 0 N–H and O–H groups in total. The Kier molecular flexibility index (Phi) is 6.14. The molecule has 0 radical (unpaired) electrons. The maximum absolute atomic E-state index is 13.7. The van der Waals surface area contributed by atoms with E-state index in [1.807, 2.05) is 0 Å². The minimum Gasteiger partial charge on any atom is -0.546 e. The molecule has 0 bridgehead atoms. The lowest BCUT2D eigenvalue weighted by Crippen LogP contribution is -2.29. The van der Waals surface area contributed by atoms with Crippen LogP contribution in [0.15, 0.2) is 42.5 Å². The van der Waals surface area contributed by atoms with E-state index in [0.717, 1.165) is 0 Å². The summed E-state index contributed by atoms with van der Waals surface area (Å²) in [5.74, 6) is -2.00. The minimum absolute atomic E-state index is 0.110. The molecule has 0 amide bonds. The van der Waals surface area contributed by atoms with Crippen LogP contribution in [0.3, 0.4) is 0 Å². The van der Waals surface area contributed by atoms with Crippen molar-refractivity contribution in [2.45, 2.75) is 0 Å². The second-order valence-electron chi connectivity index (χ2n) is 4.86. The molecule has 2 rings (SSSR count). The molecule has 2 aromatic carbocycles. The number of ketones is 1. The van der Waals surface area contributed by atoms with E-state index in [-0.39, 0.29) is 27.6 Å². The van der Waals surface area contributed by atoms with Gasteiger partial charge in [-0.2, -0.15) is 0 Å². The molecule has 0 saturated heterocycles. The lowest BCUT2D eigenvalue weighted by Gasteiger charge is -2.11. The molecule has 7 heteroatoms. The molecule has 0 heterocycles. The predicted molar refractivity (Wildman–Crippen MR) is 88.3 cm³/mol. The van der Waals surface area contributed by atoms with Crippen LogP contribution in [0.25, 0.3) is 6.08 Å². The fourth-order valence-electron chi connectivity index (χ4n) is 2.00. The third-order valence-electron chi connectivity index (χ3n) is 3.19. The van der Waals surface area contributed by atoms with Gasteiger partial charge in [-0.3, -0.25) is 4.79 Å². The van der Waals surface area contributed by atoms with Gasteiger partial charge in [-0.1, -0.05) is 17.7 Å². The fourth-order valence-corrected chi connectivity index (χ4v) is 2.23. The van der Waals surface area contributed by atoms with Crippen LogP contribution >= 0.6 is 11.6 Å². The summed E-state index contributed by atoms with van der Waals surface area (Å²) in [6.07, 6.45) is 2.47. The molecule has 2 aromatic rings. The summed E-state index contributed by atoms with van der Waals surface area (Å²) in [6, 6.07) is 8.44. The lowest BCUT2D eigenvalue weighted by molar-refractivity contribution is -0.307. The van der Waals surface area contributed by atoms with Crippen molar-refractivity contribution in [3.05, 3.63) is 64.4 Å². The van der Waals surface area contributed by atoms with E-state index in [1.54, 1.807) is 0 Å². The van der Waals surface area contributed by atoms with E-state index in [2.05, 4.69) is 0 Å². The molecule has 0 aliphatic heterocycles. The zero-order valence-electron chi connectivity index (χ0n) is 13.1. The topological polar surface area (TPSA) is 75.7 Å². The van der Waals surface area contributed by atoms with E-state index in [0.29, 0.717) is 0 Å². The summed E-state index contributed by atoms with van der Waals surface area (Å²) in [5, 5.41) is 10.6. The number of carboxylic acids is 1. The second kappa shape index (κ2) is 8.30. The molecular weight excluding hydrogens is 351 g/mol. The Morgan fingerprint density at radius 3 is 2.64 bits per heavy atom. The van der Waals surface area contributed by atoms with Crippen LogP contribution < -0.4 is 14.6 Å². The van der Waals surface area contributed by atoms with E-state index in [4.69, 9.17) is 21.1 Å². The monoisotopic (exact) mass is 363 g/mol. The highest BCUT2D eigenvalue weighted by Gasteiger charge is 2.10. The first-order chi connectivity index (χ1) is 11.9. The number of hydrogen-bond acceptors (Lipinski definition) is 5. The number of carbonyl (C=O) groups is 2. The fraction of sp³-hybridized carbons (Fsp3) is 0.111. The Hall–Kier alpha value is -2.86. The highest BCUT2D eigenvalue weighted by Crippen LogP contribution is 2.28. The molecule has 0 unspecified atom stereocenters. The van der Waals surface area contributed by atoms with E-state index in [1.165, 1.54) is 55.7 Å². The number of allylic oxidation sites excluding steroid dienone is 1. The smallest absolute Gasteiger partial charge is 0.185 e. The highest BCUT2D eigenvalue weighted by molar-refractivity contribution is 6.32. The normalized spacial score (nSPS) is 10.7. The third kappa shape index (κ3) is 4.81. The Bertz CT molecular complexity index is 812. The van der Waals surface area contributed by atoms with Crippen molar-refractivity contribution >= 4 is 29.4 Å². The summed E-state index contributed by atoms with van der Waals surface area (Å²) in [4.78, 5) is 22.7. The van der Waals surface area contributed by atoms with Crippen LogP contribution in [0.5, 0.6) is 11.5 Å². The number of ether oxygens (including phenoxy) is 2. The van der Waals surface area contributed by atoms with Crippen LogP contribution in [0.4, 0.5) is 4.39 Å². The molecule has 0 saturated carbocycles. The largest absolute Gasteiger partial charge is 0.546 e. The van der Waals surface area contributed by atoms with Crippen LogP contribution in [0, 0.1) is 5.82 Å². The zero-order chi connectivity index (χ0) is 18.4. The van der Waals surface area contributed by atoms with E-state index < -0.39 is 24.2 Å². The van der Waals surface area contributed by atoms with Crippen LogP contribution in [-0.4, -0.2) is 25.5 Å². The van der Waals surface area contributed by atoms with Gasteiger partial charge in [0, 0.05) is 11.1 Å². The van der Waals surface area contributed by atoms with Crippen molar-refractivity contribution in [3.63, 3.8) is 0 Å². The highest BCUT2D eigenvalue weighted by atomic mass is 35.5. The van der Waals surface area contributed by atoms with Gasteiger partial charge in [-0.25, -0.2) is 4.39 Å². The van der Waals surface area contributed by atoms with Crippen molar-refractivity contribution in [2.75, 3.05) is 13.7 Å². The van der Waals surface area contributed by atoms with Gasteiger partial charge in [0.05, 0.1) is 18.1 Å². The molecule has 5 nitrogen and oxygen atoms in total. The zero-order valence-corrected chi connectivity index (χ0v) is 13.9. The quantitative estimate of drug-likeness (QED) is 0.558. The van der Waals surface area contributed by atoms with Gasteiger partial charge in [-0.15, -0.1) is 0 Å². The maximum atomic E-state index is 13.7. The van der Waals surface area contributed by atoms with Crippen LogP contribution in [0.2, 0.25) is 5.02 Å². The molecule has 0 atom stereocenters. The third-order valence-corrected chi connectivity index (χ3v) is 3.52. The van der Waals surface area contributed by atoms with Crippen molar-refractivity contribution in [1.29, 1.82) is 0 Å². The number of benzene rings is 2. The predicted octanol–water partition coefficient (Wildman–Crippen LogP) is 2.51. The van der Waals surface area contributed by atoms with Gasteiger partial charge in [0.25, 0.3) is 0 Å². The van der Waals surface area contributed by atoms with Gasteiger partial charge in [0.1, 0.15) is 12.4 Å². The number of halogens is 2. The molecule has 25 heavy (non-hydrogen) atoms. The lowest BCUT2D eigenvalue weighted by atomic mass is 10.1. The van der Waals surface area contributed by atoms with Crippen molar-refractivity contribution in [1.82, 2.24) is 0 Å². The van der Waals surface area contributed by atoms with Gasteiger partial charge in [0.15, 0.2) is 17.3 Å². The van der Waals surface area contributed by atoms with Crippen molar-refractivity contribution < 1.29 is 28.6 Å². The first kappa shape index (κ1) is 18.5. The number of carboxylic acid groups (broad SMARTS) is 1. The molecule has 0 spiro atoms. The van der Waals surface area contributed by atoms with Gasteiger partial charge in [0.2, 0.25) is 0 Å². The number of carbonyl (C=O) groups excluding carboxylic acids is 2. The van der Waals surface area contributed by atoms with Crippen molar-refractivity contribution in [2.24, 2.45) is 0 Å². The van der Waals surface area contributed by atoms with Gasteiger partial charge >= 0.3 is 0 Å². The van der Waals surface area contributed by atoms with Gasteiger partial charge in [-0.05, 0) is 42.5 Å². The van der Waals surface area contributed by atoms with Crippen LogP contribution in [0.1, 0.15) is 15.9 Å². The standard InChI is InChI=1S/C18H14ClFO5/c1-24-17-9-11(5-8-16(17)25-10-18(22)23)15(21)7-6-12-13(19)3-2-4-14(12)20/h2-9H,10H2,1H3,(H,22,23)/p-1/b7-6+. The number of hydrogen-bond donors (Lipinski definition) is 0. The summed E-state index contributed by atoms with van der Waals surface area (Å²) in [7, 11) is 1.35. The Morgan fingerprint density at radius 2 is 2.00 bits per heavy atom. The van der Waals surface area contributed by atoms with Crippen molar-refractivity contribution in [3.8, 4) is 11.5 Å². The minimum atomic E-state index is -1.38. The first-order valence-corrected chi connectivity index (χ1v) is 7.47. The summed E-state index contributed by atoms with van der Waals surface area (Å²) in [6.45, 7) is -0.644. The molecule has 0 fully saturated rings. The summed E-state index contributed by atoms with van der Waals surface area (Å²) in [5.41, 5.74) is 0.361. The van der Waals surface area contributed by atoms with Crippen LogP contribution in [-0.2, 0) is 4.79 Å². The number of methoxy groups -OCH3 is 1. The average Bonchev–Trinajstić information content (AvgIpc) is 2.59. The Morgan fingerprint density at radius 1 is 1.24 bits per heavy atom. The first-order valence-electron chi connectivity index (χ1n) is 7.09. The molecule has 0 aliphatic rings. The molecule has 0 aliphatic carbocycles. The Balaban J connectivity index is 2.22. The molecular formula is C18H13ClFO5-. The molecule has 0 aromatic heterocycles. The van der Waals surface area contributed by atoms with Gasteiger partial charge < -0.3 is 19.4 Å². The summed E-state index contributed by atoms with van der Waals surface area (Å²) >= 11 is 5.90. The number of aliphatic carboxylic acids is 1. The van der Waals surface area contributed by atoms with E-state index >= 15 is 0 Å². The summed E-state index contributed by atoms with van der Waals surface area (Å²) < 4.78 is 23.8. The second-order valence-corrected chi connectivity index (χ2v) is 5.27. The SMILES string of the molecule is COc1cc(C(=O)/C=C/c2c(F)cccc2Cl)ccc1OCC(=O)[O-].